The predicted molar refractivity (Wildman–Crippen MR) is 96.3 cm³/mol. The number of rotatable bonds is 5. The minimum absolute atomic E-state index is 0. The van der Waals surface area contributed by atoms with Crippen molar-refractivity contribution < 1.29 is 5.11 Å². The molecule has 0 fully saturated rings. The molecular weight excluding hydrogens is 369 g/mol. The monoisotopic (exact) mass is 383 g/mol. The second-order valence-corrected chi connectivity index (χ2v) is 6.14. The minimum Gasteiger partial charge on any atom is -0.392 e. The van der Waals surface area contributed by atoms with Gasteiger partial charge in [-0.3, -0.25) is 0 Å². The van der Waals surface area contributed by atoms with Crippen LogP contribution in [0.25, 0.3) is 11.3 Å². The van der Waals surface area contributed by atoms with Gasteiger partial charge >= 0.3 is 0 Å². The zero-order valence-corrected chi connectivity index (χ0v) is 14.8. The van der Waals surface area contributed by atoms with E-state index in [0.717, 1.165) is 21.6 Å². The first kappa shape index (κ1) is 18.7. The van der Waals surface area contributed by atoms with E-state index in [1.807, 2.05) is 18.2 Å². The summed E-state index contributed by atoms with van der Waals surface area (Å²) in [4.78, 5) is 5.14. The number of aromatic nitrogens is 4. The molecule has 2 heterocycles. The third-order valence-corrected chi connectivity index (χ3v) is 4.93. The maximum atomic E-state index is 9.43. The van der Waals surface area contributed by atoms with Crippen molar-refractivity contribution in [1.82, 2.24) is 20.4 Å². The standard InChI is InChI=1S/C15H14ClN5OS.ClH/c16-12-5-10(13-7-19-21-20-13)4-11(6-17)14(12)23-15-9(8-22)2-1-3-18-15;/h1-5,7,22H,6,8,17H2,(H,19,20,21);1H. The van der Waals surface area contributed by atoms with Crippen LogP contribution < -0.4 is 5.73 Å². The molecule has 1 aromatic carbocycles. The maximum Gasteiger partial charge on any atom is 0.112 e. The summed E-state index contributed by atoms with van der Waals surface area (Å²) >= 11 is 7.85. The first-order valence-corrected chi connectivity index (χ1v) is 8.03. The van der Waals surface area contributed by atoms with Gasteiger partial charge in [-0.05, 0) is 23.8 Å². The summed E-state index contributed by atoms with van der Waals surface area (Å²) in [5.41, 5.74) is 9.06. The van der Waals surface area contributed by atoms with Gasteiger partial charge in [0, 0.05) is 28.8 Å². The molecule has 0 spiro atoms. The Hall–Kier alpha value is -1.64. The van der Waals surface area contributed by atoms with Crippen molar-refractivity contribution in [1.29, 1.82) is 0 Å². The number of aliphatic hydroxyl groups is 1. The third kappa shape index (κ3) is 3.88. The lowest BCUT2D eigenvalue weighted by atomic mass is 10.1. The van der Waals surface area contributed by atoms with Crippen LogP contribution in [0.2, 0.25) is 5.02 Å². The Morgan fingerprint density at radius 2 is 2.12 bits per heavy atom. The number of nitrogens with two attached hydrogens (primary N) is 1. The maximum absolute atomic E-state index is 9.43. The lowest BCUT2D eigenvalue weighted by Gasteiger charge is -2.13. The van der Waals surface area contributed by atoms with Gasteiger partial charge in [0.1, 0.15) is 10.7 Å². The van der Waals surface area contributed by atoms with E-state index in [1.54, 1.807) is 18.5 Å². The number of nitrogens with zero attached hydrogens (tertiary/aromatic N) is 3. The number of aromatic amines is 1. The van der Waals surface area contributed by atoms with Crippen LogP contribution in [0.4, 0.5) is 0 Å². The molecule has 6 nitrogen and oxygen atoms in total. The quantitative estimate of drug-likeness (QED) is 0.625. The highest BCUT2D eigenvalue weighted by atomic mass is 35.5. The molecule has 0 radical (unpaired) electrons. The lowest BCUT2D eigenvalue weighted by molar-refractivity contribution is 0.278. The Morgan fingerprint density at radius 1 is 1.29 bits per heavy atom. The van der Waals surface area contributed by atoms with E-state index in [4.69, 9.17) is 17.3 Å². The van der Waals surface area contributed by atoms with E-state index >= 15 is 0 Å². The van der Waals surface area contributed by atoms with Crippen molar-refractivity contribution >= 4 is 35.8 Å². The molecule has 3 rings (SSSR count). The van der Waals surface area contributed by atoms with Gasteiger partial charge in [0.2, 0.25) is 0 Å². The SMILES string of the molecule is Cl.NCc1cc(-c2cn[nH]n2)cc(Cl)c1Sc1ncccc1CO. The molecule has 0 bridgehead atoms. The van der Waals surface area contributed by atoms with Gasteiger partial charge < -0.3 is 10.8 Å². The molecule has 0 saturated carbocycles. The number of aliphatic hydroxyl groups excluding tert-OH is 1. The van der Waals surface area contributed by atoms with Crippen LogP contribution in [-0.4, -0.2) is 25.5 Å². The molecule has 0 unspecified atom stereocenters. The molecule has 2 aromatic heterocycles. The molecule has 9 heteroatoms. The van der Waals surface area contributed by atoms with Gasteiger partial charge in [0.25, 0.3) is 0 Å². The average molecular weight is 384 g/mol. The fraction of sp³-hybridized carbons (Fsp3) is 0.133. The molecule has 3 aromatic rings. The highest BCUT2D eigenvalue weighted by molar-refractivity contribution is 7.99. The second-order valence-electron chi connectivity index (χ2n) is 4.73. The molecule has 0 aliphatic carbocycles. The summed E-state index contributed by atoms with van der Waals surface area (Å²) < 4.78 is 0. The number of halogens is 2. The zero-order valence-electron chi connectivity index (χ0n) is 12.4. The highest BCUT2D eigenvalue weighted by Crippen LogP contribution is 2.38. The van der Waals surface area contributed by atoms with E-state index in [9.17, 15) is 5.11 Å². The summed E-state index contributed by atoms with van der Waals surface area (Å²) in [5.74, 6) is 0. The smallest absolute Gasteiger partial charge is 0.112 e. The fourth-order valence-corrected chi connectivity index (χ4v) is 3.49. The van der Waals surface area contributed by atoms with Crippen LogP contribution in [0.3, 0.4) is 0 Å². The Labute approximate surface area is 154 Å². The number of H-pyrrole nitrogens is 1. The van der Waals surface area contributed by atoms with Crippen LogP contribution in [0.15, 0.2) is 46.6 Å². The van der Waals surface area contributed by atoms with E-state index < -0.39 is 0 Å². The molecule has 0 aliphatic heterocycles. The minimum atomic E-state index is -0.0806. The number of benzene rings is 1. The van der Waals surface area contributed by atoms with E-state index in [0.29, 0.717) is 22.3 Å². The second kappa shape index (κ2) is 8.46. The molecule has 0 amide bonds. The third-order valence-electron chi connectivity index (χ3n) is 3.27. The van der Waals surface area contributed by atoms with Gasteiger partial charge in [-0.15, -0.1) is 12.4 Å². The van der Waals surface area contributed by atoms with E-state index in [2.05, 4.69) is 20.4 Å². The molecule has 126 valence electrons. The van der Waals surface area contributed by atoms with Crippen LogP contribution in [-0.2, 0) is 13.2 Å². The highest BCUT2D eigenvalue weighted by Gasteiger charge is 2.15. The molecule has 0 saturated heterocycles. The Morgan fingerprint density at radius 3 is 2.79 bits per heavy atom. The number of nitrogens with one attached hydrogen (secondary N) is 1. The van der Waals surface area contributed by atoms with Crippen LogP contribution >= 0.6 is 35.8 Å². The normalized spacial score (nSPS) is 10.5. The zero-order chi connectivity index (χ0) is 16.2. The summed E-state index contributed by atoms with van der Waals surface area (Å²) in [6.07, 6.45) is 3.31. The van der Waals surface area contributed by atoms with Crippen LogP contribution in [0.1, 0.15) is 11.1 Å². The van der Waals surface area contributed by atoms with Gasteiger partial charge in [0.15, 0.2) is 0 Å². The Bertz CT molecular complexity index is 814. The van der Waals surface area contributed by atoms with Crippen molar-refractivity contribution in [3.05, 3.63) is 52.8 Å². The van der Waals surface area contributed by atoms with Crippen LogP contribution in [0, 0.1) is 0 Å². The van der Waals surface area contributed by atoms with Crippen molar-refractivity contribution in [2.75, 3.05) is 0 Å². The average Bonchev–Trinajstić information content (AvgIpc) is 3.11. The number of pyridine rings is 1. The van der Waals surface area contributed by atoms with Crippen molar-refractivity contribution in [2.45, 2.75) is 23.1 Å². The van der Waals surface area contributed by atoms with E-state index in [-0.39, 0.29) is 19.0 Å². The van der Waals surface area contributed by atoms with Gasteiger partial charge in [-0.1, -0.05) is 29.4 Å². The topological polar surface area (TPSA) is 101 Å². The number of hydrogen-bond donors (Lipinski definition) is 3. The largest absolute Gasteiger partial charge is 0.392 e. The number of hydrogen-bond acceptors (Lipinski definition) is 6. The van der Waals surface area contributed by atoms with Crippen LogP contribution in [0.5, 0.6) is 0 Å². The molecule has 0 atom stereocenters. The van der Waals surface area contributed by atoms with E-state index in [1.165, 1.54) is 11.8 Å². The first-order valence-electron chi connectivity index (χ1n) is 6.84. The first-order chi connectivity index (χ1) is 11.2. The van der Waals surface area contributed by atoms with Crippen molar-refractivity contribution in [3.63, 3.8) is 0 Å². The Balaban J connectivity index is 0.00000208. The van der Waals surface area contributed by atoms with Gasteiger partial charge in [-0.2, -0.15) is 15.4 Å². The van der Waals surface area contributed by atoms with Gasteiger partial charge in [-0.25, -0.2) is 4.98 Å². The summed E-state index contributed by atoms with van der Waals surface area (Å²) in [6, 6.07) is 7.37. The van der Waals surface area contributed by atoms with Crippen molar-refractivity contribution in [2.24, 2.45) is 5.73 Å². The molecular formula is C15H15Cl2N5OS. The Kier molecular flexibility index (Phi) is 6.59. The summed E-state index contributed by atoms with van der Waals surface area (Å²) in [5, 5.41) is 21.1. The molecule has 0 aliphatic rings. The van der Waals surface area contributed by atoms with Gasteiger partial charge in [0.05, 0.1) is 17.8 Å². The lowest BCUT2D eigenvalue weighted by Crippen LogP contribution is -2.01. The van der Waals surface area contributed by atoms with Crippen molar-refractivity contribution in [3.8, 4) is 11.3 Å². The predicted octanol–water partition coefficient (Wildman–Crippen LogP) is 3.04. The summed E-state index contributed by atoms with van der Waals surface area (Å²) in [6.45, 7) is 0.248. The summed E-state index contributed by atoms with van der Waals surface area (Å²) in [7, 11) is 0. The molecule has 4 N–H and O–H groups in total. The molecule has 24 heavy (non-hydrogen) atoms. The fourth-order valence-electron chi connectivity index (χ4n) is 2.14.